The summed E-state index contributed by atoms with van der Waals surface area (Å²) in [5.41, 5.74) is 0.809. The van der Waals surface area contributed by atoms with Gasteiger partial charge in [-0.15, -0.1) is 11.3 Å². The molecule has 0 spiro atoms. The van der Waals surface area contributed by atoms with Gasteiger partial charge >= 0.3 is 0 Å². The average Bonchev–Trinajstić information content (AvgIpc) is 3.27. The summed E-state index contributed by atoms with van der Waals surface area (Å²) in [6, 6.07) is 0. The van der Waals surface area contributed by atoms with Crippen LogP contribution >= 0.6 is 22.9 Å². The highest BCUT2D eigenvalue weighted by Gasteiger charge is 2.38. The Bertz CT molecular complexity index is 819. The highest BCUT2D eigenvalue weighted by molar-refractivity contribution is 7.15. The summed E-state index contributed by atoms with van der Waals surface area (Å²) in [6.45, 7) is 4.16. The van der Waals surface area contributed by atoms with Crippen LogP contribution in [0, 0.1) is 0 Å². The van der Waals surface area contributed by atoms with Gasteiger partial charge in [0, 0.05) is 42.8 Å². The molecule has 3 heterocycles. The Hall–Kier alpha value is -1.41. The molecule has 4 rings (SSSR count). The molecule has 2 fully saturated rings. The number of nitrogens with zero attached hydrogens (tertiary/aromatic N) is 3. The third-order valence-corrected chi connectivity index (χ3v) is 6.74. The van der Waals surface area contributed by atoms with Gasteiger partial charge in [-0.2, -0.15) is 0 Å². The topological polar surface area (TPSA) is 58.9 Å². The number of nitrogens with one attached hydrogen (secondary N) is 1. The predicted molar refractivity (Wildman–Crippen MR) is 108 cm³/mol. The van der Waals surface area contributed by atoms with E-state index in [0.29, 0.717) is 11.7 Å². The number of hydrogen-bond donors (Lipinski definition) is 1. The minimum Gasteiger partial charge on any atom is -0.379 e. The van der Waals surface area contributed by atoms with Gasteiger partial charge in [0.1, 0.15) is 0 Å². The van der Waals surface area contributed by atoms with Crippen molar-refractivity contribution in [3.63, 3.8) is 0 Å². The van der Waals surface area contributed by atoms with Crippen molar-refractivity contribution in [2.75, 3.05) is 32.8 Å². The number of thiazole rings is 1. The van der Waals surface area contributed by atoms with Crippen LogP contribution in [0.25, 0.3) is 11.0 Å². The first-order valence-electron chi connectivity index (χ1n) is 9.58. The molecule has 0 atom stereocenters. The maximum absolute atomic E-state index is 12.5. The van der Waals surface area contributed by atoms with Gasteiger partial charge in [0.2, 0.25) is 5.91 Å². The van der Waals surface area contributed by atoms with Crippen LogP contribution in [-0.4, -0.2) is 58.6 Å². The van der Waals surface area contributed by atoms with E-state index in [2.05, 4.69) is 15.2 Å². The molecule has 1 saturated carbocycles. The van der Waals surface area contributed by atoms with Gasteiger partial charge in [0.15, 0.2) is 10.1 Å². The molecule has 2 aromatic heterocycles. The molecule has 1 aliphatic carbocycles. The monoisotopic (exact) mass is 408 g/mol. The van der Waals surface area contributed by atoms with Gasteiger partial charge in [-0.1, -0.05) is 30.9 Å². The summed E-state index contributed by atoms with van der Waals surface area (Å²) < 4.78 is 7.42. The summed E-state index contributed by atoms with van der Waals surface area (Å²) in [7, 11) is 0. The number of halogens is 1. The van der Waals surface area contributed by atoms with Crippen LogP contribution in [0.5, 0.6) is 0 Å². The van der Waals surface area contributed by atoms with Crippen LogP contribution in [0.1, 0.15) is 37.8 Å². The van der Waals surface area contributed by atoms with Gasteiger partial charge in [-0.25, -0.2) is 4.98 Å². The largest absolute Gasteiger partial charge is 0.379 e. The summed E-state index contributed by atoms with van der Waals surface area (Å²) in [4.78, 5) is 20.1. The molecule has 146 valence electrons. The first kappa shape index (κ1) is 18.9. The van der Waals surface area contributed by atoms with E-state index in [4.69, 9.17) is 16.3 Å². The fourth-order valence-electron chi connectivity index (χ4n) is 4.24. The standard InChI is InChI=1S/C19H25ClN4O2S/c20-17-15(24-10-13-27-18(24)22-17)4-5-16(25)21-14-19(6-2-1-3-7-19)23-8-11-26-12-9-23/h4-5,10,13H,1-3,6-9,11-12,14H2,(H,21,25)/b5-4+. The normalized spacial score (nSPS) is 21.1. The molecular weight excluding hydrogens is 384 g/mol. The molecule has 2 aliphatic rings. The van der Waals surface area contributed by atoms with Crippen LogP contribution in [0.4, 0.5) is 0 Å². The quantitative estimate of drug-likeness (QED) is 0.772. The second-order valence-electron chi connectivity index (χ2n) is 7.28. The van der Waals surface area contributed by atoms with Crippen LogP contribution < -0.4 is 5.32 Å². The van der Waals surface area contributed by atoms with Crippen LogP contribution in [0.3, 0.4) is 0 Å². The third kappa shape index (κ3) is 4.06. The number of hydrogen-bond acceptors (Lipinski definition) is 5. The van der Waals surface area contributed by atoms with Crippen molar-refractivity contribution in [2.45, 2.75) is 37.6 Å². The van der Waals surface area contributed by atoms with Gasteiger partial charge < -0.3 is 10.1 Å². The highest BCUT2D eigenvalue weighted by Crippen LogP contribution is 2.34. The molecule has 6 nitrogen and oxygen atoms in total. The number of carbonyl (C=O) groups excluding carboxylic acids is 1. The number of imidazole rings is 1. The molecular formula is C19H25ClN4O2S. The Morgan fingerprint density at radius 3 is 2.89 bits per heavy atom. The first-order chi connectivity index (χ1) is 13.2. The molecule has 1 N–H and O–H groups in total. The minimum absolute atomic E-state index is 0.0699. The van der Waals surface area contributed by atoms with Crippen LogP contribution in [-0.2, 0) is 9.53 Å². The lowest BCUT2D eigenvalue weighted by atomic mass is 9.79. The van der Waals surface area contributed by atoms with Gasteiger partial charge in [0.05, 0.1) is 18.9 Å². The van der Waals surface area contributed by atoms with E-state index >= 15 is 0 Å². The Labute approximate surface area is 168 Å². The molecule has 2 aromatic rings. The third-order valence-electron chi connectivity index (χ3n) is 5.70. The summed E-state index contributed by atoms with van der Waals surface area (Å²) in [5, 5.41) is 5.50. The first-order valence-corrected chi connectivity index (χ1v) is 10.8. The zero-order valence-electron chi connectivity index (χ0n) is 15.3. The fraction of sp³-hybridized carbons (Fsp3) is 0.579. The lowest BCUT2D eigenvalue weighted by molar-refractivity contribution is -0.117. The Kier molecular flexibility index (Phi) is 5.82. The maximum Gasteiger partial charge on any atom is 0.244 e. The van der Waals surface area contributed by atoms with E-state index < -0.39 is 0 Å². The van der Waals surface area contributed by atoms with Crippen molar-refractivity contribution in [2.24, 2.45) is 0 Å². The maximum atomic E-state index is 12.5. The number of ether oxygens (including phenoxy) is 1. The van der Waals surface area contributed by atoms with Crippen molar-refractivity contribution < 1.29 is 9.53 Å². The van der Waals surface area contributed by atoms with E-state index in [1.54, 1.807) is 12.2 Å². The fourth-order valence-corrected chi connectivity index (χ4v) is 5.25. The number of morpholine rings is 1. The summed E-state index contributed by atoms with van der Waals surface area (Å²) in [6.07, 6.45) is 11.2. The Morgan fingerprint density at radius 1 is 1.33 bits per heavy atom. The second kappa shape index (κ2) is 8.31. The molecule has 0 unspecified atom stereocenters. The molecule has 1 aliphatic heterocycles. The van der Waals surface area contributed by atoms with Crippen molar-refractivity contribution in [1.82, 2.24) is 19.6 Å². The number of aromatic nitrogens is 2. The summed E-state index contributed by atoms with van der Waals surface area (Å²) >= 11 is 7.71. The molecule has 1 amide bonds. The van der Waals surface area contributed by atoms with Gasteiger partial charge in [-0.3, -0.25) is 14.1 Å². The van der Waals surface area contributed by atoms with Crippen LogP contribution in [0.2, 0.25) is 5.15 Å². The Balaban J connectivity index is 1.42. The molecule has 8 heteroatoms. The zero-order chi connectivity index (χ0) is 18.7. The van der Waals surface area contributed by atoms with Gasteiger partial charge in [0.25, 0.3) is 0 Å². The summed E-state index contributed by atoms with van der Waals surface area (Å²) in [5.74, 6) is -0.0885. The SMILES string of the molecule is O=C(/C=C/c1c(Cl)nc2sccn12)NCC1(N2CCOCC2)CCCCC1. The van der Waals surface area contributed by atoms with Gasteiger partial charge in [-0.05, 0) is 18.9 Å². The van der Waals surface area contributed by atoms with Crippen molar-refractivity contribution >= 4 is 39.9 Å². The number of fused-ring (bicyclic) bond motifs is 1. The smallest absolute Gasteiger partial charge is 0.244 e. The molecule has 27 heavy (non-hydrogen) atoms. The zero-order valence-corrected chi connectivity index (χ0v) is 16.9. The lowest BCUT2D eigenvalue weighted by Gasteiger charge is -2.48. The lowest BCUT2D eigenvalue weighted by Crippen LogP contribution is -2.59. The number of amides is 1. The van der Waals surface area contributed by atoms with Crippen molar-refractivity contribution in [1.29, 1.82) is 0 Å². The minimum atomic E-state index is -0.0885. The number of rotatable bonds is 5. The van der Waals surface area contributed by atoms with Crippen molar-refractivity contribution in [3.05, 3.63) is 28.5 Å². The predicted octanol–water partition coefficient (Wildman–Crippen LogP) is 3.21. The number of carbonyl (C=O) groups is 1. The molecule has 1 saturated heterocycles. The highest BCUT2D eigenvalue weighted by atomic mass is 35.5. The Morgan fingerprint density at radius 2 is 2.11 bits per heavy atom. The molecule has 0 bridgehead atoms. The van der Waals surface area contributed by atoms with Crippen LogP contribution in [0.15, 0.2) is 17.7 Å². The van der Waals surface area contributed by atoms with E-state index in [-0.39, 0.29) is 11.4 Å². The molecule has 0 radical (unpaired) electrons. The van der Waals surface area contributed by atoms with E-state index in [1.165, 1.54) is 30.6 Å². The van der Waals surface area contributed by atoms with Crippen molar-refractivity contribution in [3.8, 4) is 0 Å². The van der Waals surface area contributed by atoms with E-state index in [1.807, 2.05) is 16.0 Å². The second-order valence-corrected chi connectivity index (χ2v) is 8.51. The van der Waals surface area contributed by atoms with E-state index in [0.717, 1.165) is 49.8 Å². The molecule has 0 aromatic carbocycles. The van der Waals surface area contributed by atoms with E-state index in [9.17, 15) is 4.79 Å². The average molecular weight is 409 g/mol.